The summed E-state index contributed by atoms with van der Waals surface area (Å²) in [5, 5.41) is 7.99. The highest BCUT2D eigenvalue weighted by Crippen LogP contribution is 2.19. The fourth-order valence-electron chi connectivity index (χ4n) is 1.95. The molecule has 0 saturated heterocycles. The van der Waals surface area contributed by atoms with Crippen molar-refractivity contribution >= 4 is 0 Å². The monoisotopic (exact) mass is 244 g/mol. The minimum absolute atomic E-state index is 0.0750. The Bertz CT molecular complexity index is 504. The van der Waals surface area contributed by atoms with Crippen molar-refractivity contribution in [3.8, 4) is 0 Å². The van der Waals surface area contributed by atoms with Gasteiger partial charge in [0.2, 0.25) is 0 Å². The lowest BCUT2D eigenvalue weighted by molar-refractivity contribution is 0.564. The van der Waals surface area contributed by atoms with Crippen LogP contribution >= 0.6 is 0 Å². The van der Waals surface area contributed by atoms with Gasteiger partial charge in [-0.05, 0) is 43.7 Å². The summed E-state index contributed by atoms with van der Waals surface area (Å²) < 4.78 is 1.83. The SMILES string of the molecule is CCCNC(c1cc(C)ccn1)c1ccn(C)n1. The largest absolute Gasteiger partial charge is 0.304 e. The van der Waals surface area contributed by atoms with Crippen LogP contribution in [0.1, 0.15) is 36.3 Å². The Morgan fingerprint density at radius 2 is 2.17 bits per heavy atom. The van der Waals surface area contributed by atoms with Crippen molar-refractivity contribution in [3.63, 3.8) is 0 Å². The van der Waals surface area contributed by atoms with Crippen LogP contribution in [-0.4, -0.2) is 21.3 Å². The molecule has 96 valence electrons. The molecule has 2 heterocycles. The van der Waals surface area contributed by atoms with Crippen LogP contribution in [0.2, 0.25) is 0 Å². The Balaban J connectivity index is 2.30. The standard InChI is InChI=1S/C14H20N4/c1-4-7-16-14(12-6-9-18(3)17-12)13-10-11(2)5-8-15-13/h5-6,8-10,14,16H,4,7H2,1-3H3. The van der Waals surface area contributed by atoms with Gasteiger partial charge in [-0.15, -0.1) is 0 Å². The van der Waals surface area contributed by atoms with Crippen molar-refractivity contribution in [3.05, 3.63) is 47.5 Å². The number of nitrogens with zero attached hydrogens (tertiary/aromatic N) is 3. The zero-order valence-electron chi connectivity index (χ0n) is 11.2. The van der Waals surface area contributed by atoms with Gasteiger partial charge in [0.1, 0.15) is 0 Å². The van der Waals surface area contributed by atoms with Crippen LogP contribution in [-0.2, 0) is 7.05 Å². The summed E-state index contributed by atoms with van der Waals surface area (Å²) in [6.07, 6.45) is 4.91. The van der Waals surface area contributed by atoms with Gasteiger partial charge < -0.3 is 5.32 Å². The van der Waals surface area contributed by atoms with E-state index in [4.69, 9.17) is 0 Å². The third kappa shape index (κ3) is 2.96. The molecule has 2 rings (SSSR count). The first-order valence-electron chi connectivity index (χ1n) is 6.36. The van der Waals surface area contributed by atoms with Crippen molar-refractivity contribution in [2.24, 2.45) is 7.05 Å². The molecule has 4 nitrogen and oxygen atoms in total. The van der Waals surface area contributed by atoms with E-state index in [9.17, 15) is 0 Å². The molecule has 0 aromatic carbocycles. The van der Waals surface area contributed by atoms with Crippen LogP contribution < -0.4 is 5.32 Å². The smallest absolute Gasteiger partial charge is 0.0943 e. The molecule has 0 aliphatic carbocycles. The molecular weight excluding hydrogens is 224 g/mol. The van der Waals surface area contributed by atoms with Gasteiger partial charge in [-0.3, -0.25) is 9.67 Å². The highest BCUT2D eigenvalue weighted by Gasteiger charge is 2.17. The van der Waals surface area contributed by atoms with E-state index in [-0.39, 0.29) is 6.04 Å². The van der Waals surface area contributed by atoms with Crippen molar-refractivity contribution in [2.75, 3.05) is 6.54 Å². The first-order valence-corrected chi connectivity index (χ1v) is 6.36. The van der Waals surface area contributed by atoms with E-state index in [0.29, 0.717) is 0 Å². The van der Waals surface area contributed by atoms with Crippen molar-refractivity contribution in [1.82, 2.24) is 20.1 Å². The van der Waals surface area contributed by atoms with Gasteiger partial charge in [0.05, 0.1) is 17.4 Å². The van der Waals surface area contributed by atoms with Crippen molar-refractivity contribution in [2.45, 2.75) is 26.3 Å². The van der Waals surface area contributed by atoms with Gasteiger partial charge >= 0.3 is 0 Å². The van der Waals surface area contributed by atoms with E-state index in [1.54, 1.807) is 0 Å². The predicted octanol–water partition coefficient (Wildman–Crippen LogP) is 2.21. The molecule has 0 aliphatic rings. The van der Waals surface area contributed by atoms with Gasteiger partial charge in [0, 0.05) is 19.4 Å². The Labute approximate surface area is 108 Å². The molecule has 0 bridgehead atoms. The number of aryl methyl sites for hydroxylation is 2. The molecule has 1 unspecified atom stereocenters. The average Bonchev–Trinajstić information content (AvgIpc) is 2.76. The molecule has 1 atom stereocenters. The molecule has 0 saturated carbocycles. The van der Waals surface area contributed by atoms with Crippen LogP contribution in [0, 0.1) is 6.92 Å². The second-order valence-electron chi connectivity index (χ2n) is 4.56. The summed E-state index contributed by atoms with van der Waals surface area (Å²) in [4.78, 5) is 4.47. The van der Waals surface area contributed by atoms with E-state index in [0.717, 1.165) is 24.4 Å². The molecule has 1 N–H and O–H groups in total. The maximum atomic E-state index is 4.48. The summed E-state index contributed by atoms with van der Waals surface area (Å²) in [5.41, 5.74) is 3.27. The molecule has 0 spiro atoms. The molecule has 0 fully saturated rings. The average molecular weight is 244 g/mol. The summed E-state index contributed by atoms with van der Waals surface area (Å²) in [7, 11) is 1.93. The summed E-state index contributed by atoms with van der Waals surface area (Å²) in [5.74, 6) is 0. The van der Waals surface area contributed by atoms with Crippen molar-refractivity contribution in [1.29, 1.82) is 0 Å². The van der Waals surface area contributed by atoms with E-state index in [1.807, 2.05) is 36.3 Å². The van der Waals surface area contributed by atoms with Gasteiger partial charge in [-0.25, -0.2) is 0 Å². The molecule has 18 heavy (non-hydrogen) atoms. The highest BCUT2D eigenvalue weighted by molar-refractivity contribution is 5.24. The van der Waals surface area contributed by atoms with Crippen LogP contribution in [0.3, 0.4) is 0 Å². The van der Waals surface area contributed by atoms with Gasteiger partial charge in [0.25, 0.3) is 0 Å². The summed E-state index contributed by atoms with van der Waals surface area (Å²) in [6.45, 7) is 5.20. The predicted molar refractivity (Wildman–Crippen MR) is 72.3 cm³/mol. The summed E-state index contributed by atoms with van der Waals surface area (Å²) >= 11 is 0. The van der Waals surface area contributed by atoms with Crippen LogP contribution in [0.4, 0.5) is 0 Å². The zero-order valence-corrected chi connectivity index (χ0v) is 11.2. The number of aromatic nitrogens is 3. The number of nitrogens with one attached hydrogen (secondary N) is 1. The Morgan fingerprint density at radius 1 is 1.33 bits per heavy atom. The molecule has 4 heteroatoms. The number of pyridine rings is 1. The third-order valence-corrected chi connectivity index (χ3v) is 2.86. The Kier molecular flexibility index (Phi) is 4.10. The minimum atomic E-state index is 0.0750. The summed E-state index contributed by atoms with van der Waals surface area (Å²) in [6, 6.07) is 6.24. The second kappa shape index (κ2) is 5.78. The maximum Gasteiger partial charge on any atom is 0.0943 e. The molecular formula is C14H20N4. The fraction of sp³-hybridized carbons (Fsp3) is 0.429. The third-order valence-electron chi connectivity index (χ3n) is 2.86. The fourth-order valence-corrected chi connectivity index (χ4v) is 1.95. The van der Waals surface area contributed by atoms with Crippen molar-refractivity contribution < 1.29 is 0 Å². The maximum absolute atomic E-state index is 4.48. The van der Waals surface area contributed by atoms with Crippen LogP contribution in [0.15, 0.2) is 30.6 Å². The van der Waals surface area contributed by atoms with E-state index in [1.165, 1.54) is 5.56 Å². The second-order valence-corrected chi connectivity index (χ2v) is 4.56. The Hall–Kier alpha value is -1.68. The normalized spacial score (nSPS) is 12.6. The van der Waals surface area contributed by atoms with E-state index >= 15 is 0 Å². The number of rotatable bonds is 5. The zero-order chi connectivity index (χ0) is 13.0. The topological polar surface area (TPSA) is 42.7 Å². The van der Waals surface area contributed by atoms with E-state index < -0.39 is 0 Å². The first kappa shape index (κ1) is 12.8. The molecule has 2 aromatic rings. The number of hydrogen-bond donors (Lipinski definition) is 1. The van der Waals surface area contributed by atoms with Crippen LogP contribution in [0.25, 0.3) is 0 Å². The van der Waals surface area contributed by atoms with Crippen LogP contribution in [0.5, 0.6) is 0 Å². The molecule has 0 radical (unpaired) electrons. The van der Waals surface area contributed by atoms with E-state index in [2.05, 4.69) is 35.3 Å². The highest BCUT2D eigenvalue weighted by atomic mass is 15.3. The quantitative estimate of drug-likeness (QED) is 0.877. The minimum Gasteiger partial charge on any atom is -0.304 e. The Morgan fingerprint density at radius 3 is 2.78 bits per heavy atom. The molecule has 2 aromatic heterocycles. The number of hydrogen-bond acceptors (Lipinski definition) is 3. The van der Waals surface area contributed by atoms with Gasteiger partial charge in [0.15, 0.2) is 0 Å². The first-order chi connectivity index (χ1) is 8.70. The van der Waals surface area contributed by atoms with Gasteiger partial charge in [-0.2, -0.15) is 5.10 Å². The molecule has 0 amide bonds. The lowest BCUT2D eigenvalue weighted by Gasteiger charge is -2.16. The van der Waals surface area contributed by atoms with Gasteiger partial charge in [-0.1, -0.05) is 6.92 Å². The lowest BCUT2D eigenvalue weighted by Crippen LogP contribution is -2.24. The molecule has 0 aliphatic heterocycles. The lowest BCUT2D eigenvalue weighted by atomic mass is 10.1.